The SMILES string of the molecule is Cc1ccc2nnc(Sc3ccc4ncc(-c5cnn(C(C)(C)C)c5)cc4c3)n2n1. The van der Waals surface area contributed by atoms with E-state index in [1.807, 2.05) is 48.3 Å². The van der Waals surface area contributed by atoms with E-state index in [2.05, 4.69) is 64.5 Å². The molecular formula is C22H21N7S. The van der Waals surface area contributed by atoms with Crippen molar-refractivity contribution in [1.29, 1.82) is 0 Å². The van der Waals surface area contributed by atoms with Gasteiger partial charge in [0.05, 0.1) is 22.9 Å². The predicted molar refractivity (Wildman–Crippen MR) is 118 cm³/mol. The number of nitrogens with zero attached hydrogens (tertiary/aromatic N) is 7. The average Bonchev–Trinajstić information content (AvgIpc) is 3.35. The molecule has 0 spiro atoms. The highest BCUT2D eigenvalue weighted by Gasteiger charge is 2.15. The number of aromatic nitrogens is 7. The van der Waals surface area contributed by atoms with Gasteiger partial charge < -0.3 is 0 Å². The van der Waals surface area contributed by atoms with E-state index in [1.54, 1.807) is 4.52 Å². The van der Waals surface area contributed by atoms with Gasteiger partial charge in [-0.05, 0) is 75.9 Å². The predicted octanol–water partition coefficient (Wildman–Crippen LogP) is 4.75. The van der Waals surface area contributed by atoms with Gasteiger partial charge in [0.15, 0.2) is 5.65 Å². The van der Waals surface area contributed by atoms with Gasteiger partial charge in [0.1, 0.15) is 0 Å². The number of benzene rings is 1. The van der Waals surface area contributed by atoms with Gasteiger partial charge in [-0.3, -0.25) is 9.67 Å². The Labute approximate surface area is 178 Å². The lowest BCUT2D eigenvalue weighted by Gasteiger charge is -2.18. The second-order valence-electron chi connectivity index (χ2n) is 8.25. The minimum absolute atomic E-state index is 0.0558. The summed E-state index contributed by atoms with van der Waals surface area (Å²) in [6.45, 7) is 8.36. The van der Waals surface area contributed by atoms with Crippen molar-refractivity contribution in [1.82, 2.24) is 34.6 Å². The molecule has 0 aliphatic rings. The zero-order valence-electron chi connectivity index (χ0n) is 17.2. The molecule has 30 heavy (non-hydrogen) atoms. The first-order chi connectivity index (χ1) is 14.4. The van der Waals surface area contributed by atoms with Gasteiger partial charge in [0, 0.05) is 33.8 Å². The molecule has 0 aliphatic carbocycles. The van der Waals surface area contributed by atoms with Gasteiger partial charge in [-0.1, -0.05) is 0 Å². The number of pyridine rings is 1. The maximum absolute atomic E-state index is 4.64. The van der Waals surface area contributed by atoms with E-state index < -0.39 is 0 Å². The molecule has 150 valence electrons. The summed E-state index contributed by atoms with van der Waals surface area (Å²) >= 11 is 1.54. The van der Waals surface area contributed by atoms with E-state index in [1.165, 1.54) is 11.8 Å². The Morgan fingerprint density at radius 2 is 1.80 bits per heavy atom. The Morgan fingerprint density at radius 3 is 2.60 bits per heavy atom. The fourth-order valence-corrected chi connectivity index (χ4v) is 4.03. The zero-order chi connectivity index (χ0) is 20.9. The summed E-state index contributed by atoms with van der Waals surface area (Å²) in [5, 5.41) is 19.3. The Balaban J connectivity index is 1.50. The van der Waals surface area contributed by atoms with E-state index in [-0.39, 0.29) is 5.54 Å². The van der Waals surface area contributed by atoms with Crippen molar-refractivity contribution in [2.24, 2.45) is 0 Å². The lowest BCUT2D eigenvalue weighted by Crippen LogP contribution is -2.21. The van der Waals surface area contributed by atoms with Crippen LogP contribution in [-0.2, 0) is 5.54 Å². The van der Waals surface area contributed by atoms with Crippen molar-refractivity contribution < 1.29 is 0 Å². The van der Waals surface area contributed by atoms with E-state index >= 15 is 0 Å². The Kier molecular flexibility index (Phi) is 4.32. The molecule has 0 saturated carbocycles. The summed E-state index contributed by atoms with van der Waals surface area (Å²) in [6.07, 6.45) is 5.86. The number of fused-ring (bicyclic) bond motifs is 2. The average molecular weight is 416 g/mol. The molecule has 0 fully saturated rings. The number of hydrogen-bond donors (Lipinski definition) is 0. The van der Waals surface area contributed by atoms with E-state index in [9.17, 15) is 0 Å². The zero-order valence-corrected chi connectivity index (χ0v) is 18.1. The first-order valence-electron chi connectivity index (χ1n) is 9.69. The summed E-state index contributed by atoms with van der Waals surface area (Å²) in [5.74, 6) is 0. The fourth-order valence-electron chi connectivity index (χ4n) is 3.20. The van der Waals surface area contributed by atoms with Crippen LogP contribution >= 0.6 is 11.8 Å². The molecule has 0 N–H and O–H groups in total. The first-order valence-corrected chi connectivity index (χ1v) is 10.5. The summed E-state index contributed by atoms with van der Waals surface area (Å²) < 4.78 is 3.75. The van der Waals surface area contributed by atoms with Crippen molar-refractivity contribution in [2.75, 3.05) is 0 Å². The second kappa shape index (κ2) is 6.91. The maximum Gasteiger partial charge on any atom is 0.217 e. The Hall–Kier alpha value is -3.26. The van der Waals surface area contributed by atoms with Crippen LogP contribution in [-0.4, -0.2) is 34.6 Å². The van der Waals surface area contributed by atoms with Crippen molar-refractivity contribution in [3.8, 4) is 11.1 Å². The Morgan fingerprint density at radius 1 is 0.933 bits per heavy atom. The van der Waals surface area contributed by atoms with Crippen molar-refractivity contribution >= 4 is 28.3 Å². The third-order valence-electron chi connectivity index (χ3n) is 4.83. The van der Waals surface area contributed by atoms with Gasteiger partial charge in [-0.2, -0.15) is 14.7 Å². The maximum atomic E-state index is 4.64. The third kappa shape index (κ3) is 3.43. The molecule has 0 atom stereocenters. The molecule has 0 radical (unpaired) electrons. The van der Waals surface area contributed by atoms with Crippen molar-refractivity contribution in [3.05, 3.63) is 60.7 Å². The topological polar surface area (TPSA) is 73.8 Å². The summed E-state index contributed by atoms with van der Waals surface area (Å²) in [4.78, 5) is 5.70. The standard InChI is InChI=1S/C22H21N7S/c1-14-5-8-20-25-26-21(29(20)27-14)30-18-6-7-19-15(10-18)9-16(11-23-19)17-12-24-28(13-17)22(2,3)4/h5-13H,1-4H3. The molecule has 1 aromatic carbocycles. The monoisotopic (exact) mass is 415 g/mol. The molecule has 0 amide bonds. The van der Waals surface area contributed by atoms with Gasteiger partial charge in [-0.25, -0.2) is 0 Å². The largest absolute Gasteiger partial charge is 0.267 e. The molecular weight excluding hydrogens is 394 g/mol. The van der Waals surface area contributed by atoms with Crippen LogP contribution in [0.5, 0.6) is 0 Å². The van der Waals surface area contributed by atoms with Gasteiger partial charge in [0.2, 0.25) is 5.16 Å². The fraction of sp³-hybridized carbons (Fsp3) is 0.227. The van der Waals surface area contributed by atoms with Crippen LogP contribution in [0.25, 0.3) is 27.7 Å². The lowest BCUT2D eigenvalue weighted by atomic mass is 10.1. The number of hydrogen-bond acceptors (Lipinski definition) is 6. The van der Waals surface area contributed by atoms with Gasteiger partial charge >= 0.3 is 0 Å². The minimum Gasteiger partial charge on any atom is -0.267 e. The molecule has 0 aliphatic heterocycles. The quantitative estimate of drug-likeness (QED) is 0.423. The molecule has 7 nitrogen and oxygen atoms in total. The van der Waals surface area contributed by atoms with Gasteiger partial charge in [-0.15, -0.1) is 10.2 Å². The highest BCUT2D eigenvalue weighted by atomic mass is 32.2. The first kappa shape index (κ1) is 18.7. The number of aryl methyl sites for hydroxylation is 1. The smallest absolute Gasteiger partial charge is 0.217 e. The summed E-state index contributed by atoms with van der Waals surface area (Å²) in [7, 11) is 0. The highest BCUT2D eigenvalue weighted by Crippen LogP contribution is 2.30. The molecule has 8 heteroatoms. The minimum atomic E-state index is -0.0558. The van der Waals surface area contributed by atoms with Crippen LogP contribution in [0.15, 0.2) is 65.0 Å². The summed E-state index contributed by atoms with van der Waals surface area (Å²) in [5.41, 5.74) is 4.66. The van der Waals surface area contributed by atoms with Crippen molar-refractivity contribution in [3.63, 3.8) is 0 Å². The molecule has 0 unspecified atom stereocenters. The lowest BCUT2D eigenvalue weighted by molar-refractivity contribution is 0.355. The van der Waals surface area contributed by atoms with Crippen LogP contribution in [0, 0.1) is 6.92 Å². The molecule has 4 aromatic heterocycles. The van der Waals surface area contributed by atoms with Crippen LogP contribution in [0.2, 0.25) is 0 Å². The normalized spacial score (nSPS) is 12.1. The van der Waals surface area contributed by atoms with E-state index in [4.69, 9.17) is 0 Å². The highest BCUT2D eigenvalue weighted by molar-refractivity contribution is 7.99. The Bertz CT molecular complexity index is 1380. The van der Waals surface area contributed by atoms with Crippen LogP contribution in [0.4, 0.5) is 0 Å². The summed E-state index contributed by atoms with van der Waals surface area (Å²) in [6, 6.07) is 12.2. The van der Waals surface area contributed by atoms with Crippen LogP contribution in [0.1, 0.15) is 26.5 Å². The molecule has 0 saturated heterocycles. The third-order valence-corrected chi connectivity index (χ3v) is 5.76. The van der Waals surface area contributed by atoms with Crippen LogP contribution in [0.3, 0.4) is 0 Å². The van der Waals surface area contributed by atoms with Crippen LogP contribution < -0.4 is 0 Å². The molecule has 5 rings (SSSR count). The van der Waals surface area contributed by atoms with E-state index in [0.717, 1.165) is 43.4 Å². The molecule has 0 bridgehead atoms. The van der Waals surface area contributed by atoms with Gasteiger partial charge in [0.25, 0.3) is 0 Å². The molecule has 4 heterocycles. The molecule has 5 aromatic rings. The van der Waals surface area contributed by atoms with Crippen molar-refractivity contribution in [2.45, 2.75) is 43.3 Å². The van der Waals surface area contributed by atoms with E-state index in [0.29, 0.717) is 0 Å². The second-order valence-corrected chi connectivity index (χ2v) is 9.29. The number of rotatable bonds is 3.